The third-order valence-electron chi connectivity index (χ3n) is 4.32. The Morgan fingerprint density at radius 1 is 0.963 bits per heavy atom. The lowest BCUT2D eigenvalue weighted by Crippen LogP contribution is -2.33. The van der Waals surface area contributed by atoms with Crippen molar-refractivity contribution in [1.29, 1.82) is 0 Å². The van der Waals surface area contributed by atoms with Gasteiger partial charge in [0.1, 0.15) is 5.75 Å². The van der Waals surface area contributed by atoms with Crippen molar-refractivity contribution in [3.8, 4) is 5.75 Å². The summed E-state index contributed by atoms with van der Waals surface area (Å²) in [6, 6.07) is 17.2. The number of ether oxygens (including phenoxy) is 1. The van der Waals surface area contributed by atoms with Crippen molar-refractivity contribution >= 4 is 29.1 Å². The van der Waals surface area contributed by atoms with E-state index in [1.165, 1.54) is 16.7 Å². The first kappa shape index (κ1) is 19.2. The van der Waals surface area contributed by atoms with Crippen LogP contribution in [-0.2, 0) is 16.0 Å². The van der Waals surface area contributed by atoms with E-state index >= 15 is 0 Å². The number of imide groups is 1. The number of benzene rings is 2. The van der Waals surface area contributed by atoms with E-state index in [4.69, 9.17) is 4.74 Å². The Morgan fingerprint density at radius 3 is 2.30 bits per heavy atom. The van der Waals surface area contributed by atoms with Crippen LogP contribution in [0.1, 0.15) is 25.0 Å². The van der Waals surface area contributed by atoms with E-state index in [-0.39, 0.29) is 17.1 Å². The molecular weight excluding hydrogens is 358 g/mol. The quantitative estimate of drug-likeness (QED) is 0.676. The van der Waals surface area contributed by atoms with Gasteiger partial charge >= 0.3 is 0 Å². The SMILES string of the molecule is COc1ccccc1C1=C(SC(C)C)C(=O)N(CCc2ccccc2)C1=O. The maximum Gasteiger partial charge on any atom is 0.268 e. The van der Waals surface area contributed by atoms with Gasteiger partial charge in [0, 0.05) is 17.4 Å². The molecule has 2 aromatic carbocycles. The van der Waals surface area contributed by atoms with Crippen LogP contribution in [0.4, 0.5) is 0 Å². The lowest BCUT2D eigenvalue weighted by molar-refractivity contribution is -0.136. The Kier molecular flexibility index (Phi) is 6.01. The molecular formula is C22H23NO3S. The zero-order valence-electron chi connectivity index (χ0n) is 15.8. The van der Waals surface area contributed by atoms with Crippen molar-refractivity contribution in [3.05, 3.63) is 70.6 Å². The largest absolute Gasteiger partial charge is 0.496 e. The molecule has 0 N–H and O–H groups in total. The third-order valence-corrected chi connectivity index (χ3v) is 5.41. The van der Waals surface area contributed by atoms with Gasteiger partial charge in [-0.2, -0.15) is 0 Å². The molecule has 0 aliphatic carbocycles. The molecule has 0 fully saturated rings. The van der Waals surface area contributed by atoms with E-state index < -0.39 is 0 Å². The summed E-state index contributed by atoms with van der Waals surface area (Å²) in [5.74, 6) is 0.138. The van der Waals surface area contributed by atoms with Crippen LogP contribution in [0.2, 0.25) is 0 Å². The second kappa shape index (κ2) is 8.44. The molecule has 4 nitrogen and oxygen atoms in total. The van der Waals surface area contributed by atoms with Gasteiger partial charge in [0.2, 0.25) is 0 Å². The van der Waals surface area contributed by atoms with E-state index in [1.807, 2.05) is 68.4 Å². The highest BCUT2D eigenvalue weighted by atomic mass is 32.2. The van der Waals surface area contributed by atoms with Gasteiger partial charge in [0.25, 0.3) is 11.8 Å². The summed E-state index contributed by atoms with van der Waals surface area (Å²) in [5, 5.41) is 0.190. The zero-order valence-corrected chi connectivity index (χ0v) is 16.6. The molecule has 3 rings (SSSR count). The molecule has 2 aromatic rings. The molecule has 140 valence electrons. The monoisotopic (exact) mass is 381 g/mol. The first-order chi connectivity index (χ1) is 13.0. The van der Waals surface area contributed by atoms with Crippen LogP contribution in [0.25, 0.3) is 5.57 Å². The fourth-order valence-electron chi connectivity index (χ4n) is 3.08. The third kappa shape index (κ3) is 4.08. The summed E-state index contributed by atoms with van der Waals surface area (Å²) < 4.78 is 5.43. The van der Waals surface area contributed by atoms with E-state index in [1.54, 1.807) is 7.11 Å². The minimum atomic E-state index is -0.247. The average Bonchev–Trinajstić information content (AvgIpc) is 2.90. The van der Waals surface area contributed by atoms with Gasteiger partial charge in [-0.25, -0.2) is 0 Å². The van der Waals surface area contributed by atoms with E-state index in [2.05, 4.69) is 0 Å². The number of carbonyl (C=O) groups excluding carboxylic acids is 2. The summed E-state index contributed by atoms with van der Waals surface area (Å²) in [7, 11) is 1.57. The Labute approximate surface area is 164 Å². The highest BCUT2D eigenvalue weighted by Gasteiger charge is 2.40. The zero-order chi connectivity index (χ0) is 19.4. The summed E-state index contributed by atoms with van der Waals surface area (Å²) in [6.07, 6.45) is 0.636. The molecule has 1 aliphatic rings. The van der Waals surface area contributed by atoms with Crippen molar-refractivity contribution in [2.45, 2.75) is 25.5 Å². The number of rotatable bonds is 7. The number of thioether (sulfide) groups is 1. The van der Waals surface area contributed by atoms with Crippen LogP contribution in [0.5, 0.6) is 5.75 Å². The van der Waals surface area contributed by atoms with Gasteiger partial charge in [-0.15, -0.1) is 11.8 Å². The number of amides is 2. The van der Waals surface area contributed by atoms with Crippen LogP contribution < -0.4 is 4.74 Å². The van der Waals surface area contributed by atoms with Gasteiger partial charge in [0.15, 0.2) is 0 Å². The standard InChI is InChI=1S/C22H23NO3S/c1-15(2)27-20-19(17-11-7-8-12-18(17)26-3)21(24)23(22(20)25)14-13-16-9-5-4-6-10-16/h4-12,15H,13-14H2,1-3H3. The molecule has 0 unspecified atom stereocenters. The molecule has 0 radical (unpaired) electrons. The molecule has 0 aromatic heterocycles. The first-order valence-electron chi connectivity index (χ1n) is 8.97. The maximum absolute atomic E-state index is 13.2. The number of hydrogen-bond donors (Lipinski definition) is 0. The van der Waals surface area contributed by atoms with Gasteiger partial charge in [-0.3, -0.25) is 14.5 Å². The minimum Gasteiger partial charge on any atom is -0.496 e. The van der Waals surface area contributed by atoms with E-state index in [0.29, 0.717) is 34.8 Å². The number of hydrogen-bond acceptors (Lipinski definition) is 4. The second-order valence-electron chi connectivity index (χ2n) is 6.57. The fraction of sp³-hybridized carbons (Fsp3) is 0.273. The Balaban J connectivity index is 1.94. The van der Waals surface area contributed by atoms with Crippen molar-refractivity contribution < 1.29 is 14.3 Å². The molecule has 1 aliphatic heterocycles. The summed E-state index contributed by atoms with van der Waals surface area (Å²) >= 11 is 1.43. The molecule has 0 bridgehead atoms. The van der Waals surface area contributed by atoms with Gasteiger partial charge in [0.05, 0.1) is 17.6 Å². The Hall–Kier alpha value is -2.53. The topological polar surface area (TPSA) is 46.6 Å². The molecule has 0 saturated heterocycles. The van der Waals surface area contributed by atoms with Crippen LogP contribution >= 0.6 is 11.8 Å². The molecule has 27 heavy (non-hydrogen) atoms. The molecule has 0 saturated carbocycles. The van der Waals surface area contributed by atoms with E-state index in [0.717, 1.165) is 5.56 Å². The lowest BCUT2D eigenvalue weighted by atomic mass is 10.0. The Bertz CT molecular complexity index is 874. The lowest BCUT2D eigenvalue weighted by Gasteiger charge is -2.15. The van der Waals surface area contributed by atoms with Crippen LogP contribution in [-0.4, -0.2) is 35.6 Å². The van der Waals surface area contributed by atoms with E-state index in [9.17, 15) is 9.59 Å². The second-order valence-corrected chi connectivity index (χ2v) is 8.16. The van der Waals surface area contributed by atoms with Crippen LogP contribution in [0.15, 0.2) is 59.5 Å². The summed E-state index contributed by atoms with van der Waals surface area (Å²) in [5.41, 5.74) is 2.22. The molecule has 1 heterocycles. The van der Waals surface area contributed by atoms with Crippen molar-refractivity contribution in [3.63, 3.8) is 0 Å². The number of carbonyl (C=O) groups is 2. The normalized spacial score (nSPS) is 14.4. The average molecular weight is 381 g/mol. The number of methoxy groups -OCH3 is 1. The highest BCUT2D eigenvalue weighted by molar-refractivity contribution is 8.04. The van der Waals surface area contributed by atoms with Crippen molar-refractivity contribution in [2.24, 2.45) is 0 Å². The first-order valence-corrected chi connectivity index (χ1v) is 9.85. The smallest absolute Gasteiger partial charge is 0.268 e. The highest BCUT2D eigenvalue weighted by Crippen LogP contribution is 2.40. The minimum absolute atomic E-state index is 0.190. The molecule has 0 spiro atoms. The number of nitrogens with zero attached hydrogens (tertiary/aromatic N) is 1. The maximum atomic E-state index is 13.2. The number of para-hydroxylation sites is 1. The van der Waals surface area contributed by atoms with Crippen LogP contribution in [0.3, 0.4) is 0 Å². The summed E-state index contributed by atoms with van der Waals surface area (Å²) in [4.78, 5) is 28.1. The Morgan fingerprint density at radius 2 is 1.63 bits per heavy atom. The molecule has 5 heteroatoms. The van der Waals surface area contributed by atoms with Gasteiger partial charge in [-0.05, 0) is 18.1 Å². The predicted molar refractivity (Wildman–Crippen MR) is 110 cm³/mol. The predicted octanol–water partition coefficient (Wildman–Crippen LogP) is 4.16. The van der Waals surface area contributed by atoms with Crippen molar-refractivity contribution in [1.82, 2.24) is 4.90 Å². The fourth-order valence-corrected chi connectivity index (χ4v) is 4.07. The van der Waals surface area contributed by atoms with Crippen molar-refractivity contribution in [2.75, 3.05) is 13.7 Å². The summed E-state index contributed by atoms with van der Waals surface area (Å²) in [6.45, 7) is 4.40. The van der Waals surface area contributed by atoms with Gasteiger partial charge < -0.3 is 4.74 Å². The molecule has 2 amide bonds. The van der Waals surface area contributed by atoms with Crippen LogP contribution in [0, 0.1) is 0 Å². The molecule has 0 atom stereocenters. The van der Waals surface area contributed by atoms with Gasteiger partial charge in [-0.1, -0.05) is 62.4 Å².